The molecule has 2 aliphatic rings. The van der Waals surface area contributed by atoms with Crippen LogP contribution in [0.2, 0.25) is 0 Å². The second kappa shape index (κ2) is 5.71. The second-order valence-corrected chi connectivity index (χ2v) is 6.23. The number of likely N-dealkylation sites (tertiary alicyclic amines) is 1. The Hall–Kier alpha value is -1.11. The fraction of sp³-hybridized carbons (Fsp3) is 0.500. The molecule has 0 aliphatic carbocycles. The van der Waals surface area contributed by atoms with Crippen LogP contribution in [-0.2, 0) is 0 Å². The predicted octanol–water partition coefficient (Wildman–Crippen LogP) is 0.884. The number of phenolic OH excluding ortho intramolecular Hbond substituents is 1. The molecule has 6 heteroatoms. The molecule has 108 valence electrons. The van der Waals surface area contributed by atoms with Crippen molar-refractivity contribution in [3.05, 3.63) is 28.2 Å². The van der Waals surface area contributed by atoms with Crippen molar-refractivity contribution in [1.82, 2.24) is 15.1 Å². The third kappa shape index (κ3) is 2.68. The summed E-state index contributed by atoms with van der Waals surface area (Å²) in [4.78, 5) is 16.5. The summed E-state index contributed by atoms with van der Waals surface area (Å²) in [5.74, 6) is -0.0450. The molecule has 0 bridgehead atoms. The zero-order valence-electron chi connectivity index (χ0n) is 11.2. The number of amides is 1. The molecule has 3 rings (SSSR count). The SMILES string of the molecule is O=C(c1ccc(Br)cc1O)N1CC(N2CCNCC2)C1. The Morgan fingerprint density at radius 1 is 1.30 bits per heavy atom. The minimum absolute atomic E-state index is 0.0370. The fourth-order valence-electron chi connectivity index (χ4n) is 2.76. The van der Waals surface area contributed by atoms with Gasteiger partial charge in [-0.25, -0.2) is 0 Å². The molecule has 2 N–H and O–H groups in total. The Balaban J connectivity index is 1.60. The van der Waals surface area contributed by atoms with Gasteiger partial charge in [0.25, 0.3) is 5.91 Å². The third-order valence-electron chi connectivity index (χ3n) is 4.01. The number of carbonyl (C=O) groups excluding carboxylic acids is 1. The first-order valence-corrected chi connectivity index (χ1v) is 7.67. The number of benzene rings is 1. The quantitative estimate of drug-likeness (QED) is 0.840. The summed E-state index contributed by atoms with van der Waals surface area (Å²) in [5.41, 5.74) is 0.381. The van der Waals surface area contributed by atoms with Gasteiger partial charge in [0.2, 0.25) is 0 Å². The lowest BCUT2D eigenvalue weighted by molar-refractivity contribution is 0.0225. The van der Waals surface area contributed by atoms with Gasteiger partial charge in [-0.3, -0.25) is 9.69 Å². The van der Waals surface area contributed by atoms with Gasteiger partial charge < -0.3 is 15.3 Å². The van der Waals surface area contributed by atoms with Crippen LogP contribution in [-0.4, -0.2) is 66.1 Å². The number of rotatable bonds is 2. The summed E-state index contributed by atoms with van der Waals surface area (Å²) >= 11 is 3.28. The first-order chi connectivity index (χ1) is 9.65. The molecule has 1 amide bonds. The van der Waals surface area contributed by atoms with Crippen molar-refractivity contribution in [1.29, 1.82) is 0 Å². The van der Waals surface area contributed by atoms with E-state index >= 15 is 0 Å². The van der Waals surface area contributed by atoms with Gasteiger partial charge >= 0.3 is 0 Å². The summed E-state index contributed by atoms with van der Waals surface area (Å²) in [6.07, 6.45) is 0. The number of hydrogen-bond acceptors (Lipinski definition) is 4. The number of nitrogens with zero attached hydrogens (tertiary/aromatic N) is 2. The van der Waals surface area contributed by atoms with E-state index in [4.69, 9.17) is 0 Å². The zero-order valence-corrected chi connectivity index (χ0v) is 12.8. The van der Waals surface area contributed by atoms with E-state index in [1.54, 1.807) is 23.1 Å². The van der Waals surface area contributed by atoms with Gasteiger partial charge in [0, 0.05) is 49.8 Å². The second-order valence-electron chi connectivity index (χ2n) is 5.31. The molecule has 0 aromatic heterocycles. The predicted molar refractivity (Wildman–Crippen MR) is 79.9 cm³/mol. The molecular weight excluding hydrogens is 322 g/mol. The monoisotopic (exact) mass is 339 g/mol. The maximum Gasteiger partial charge on any atom is 0.257 e. The maximum absolute atomic E-state index is 12.3. The van der Waals surface area contributed by atoms with Gasteiger partial charge in [0.05, 0.1) is 5.56 Å². The normalized spacial score (nSPS) is 20.8. The summed E-state index contributed by atoms with van der Waals surface area (Å²) in [6.45, 7) is 5.67. The molecule has 0 radical (unpaired) electrons. The Bertz CT molecular complexity index is 511. The van der Waals surface area contributed by atoms with Gasteiger partial charge in [0.15, 0.2) is 0 Å². The van der Waals surface area contributed by atoms with Crippen LogP contribution in [0.25, 0.3) is 0 Å². The molecule has 2 fully saturated rings. The number of hydrogen-bond donors (Lipinski definition) is 2. The lowest BCUT2D eigenvalue weighted by Crippen LogP contribution is -2.63. The number of carbonyl (C=O) groups is 1. The smallest absolute Gasteiger partial charge is 0.257 e. The highest BCUT2D eigenvalue weighted by Crippen LogP contribution is 2.26. The van der Waals surface area contributed by atoms with Crippen molar-refractivity contribution >= 4 is 21.8 Å². The lowest BCUT2D eigenvalue weighted by Gasteiger charge is -2.46. The molecule has 5 nitrogen and oxygen atoms in total. The van der Waals surface area contributed by atoms with E-state index in [-0.39, 0.29) is 11.7 Å². The van der Waals surface area contributed by atoms with Crippen molar-refractivity contribution in [2.24, 2.45) is 0 Å². The van der Waals surface area contributed by atoms with Gasteiger partial charge in [-0.05, 0) is 18.2 Å². The number of piperazine rings is 1. The van der Waals surface area contributed by atoms with Crippen molar-refractivity contribution in [2.45, 2.75) is 6.04 Å². The van der Waals surface area contributed by atoms with Crippen LogP contribution in [0.5, 0.6) is 5.75 Å². The number of halogens is 1. The molecule has 0 unspecified atom stereocenters. The molecule has 2 saturated heterocycles. The summed E-state index contributed by atoms with van der Waals surface area (Å²) in [6, 6.07) is 5.47. The van der Waals surface area contributed by atoms with Crippen molar-refractivity contribution in [2.75, 3.05) is 39.3 Å². The molecule has 2 aliphatic heterocycles. The number of nitrogens with one attached hydrogen (secondary N) is 1. The molecule has 1 aromatic carbocycles. The van der Waals surface area contributed by atoms with Crippen LogP contribution in [0.1, 0.15) is 10.4 Å². The molecule has 20 heavy (non-hydrogen) atoms. The first kappa shape index (κ1) is 13.9. The van der Waals surface area contributed by atoms with Crippen LogP contribution in [0.15, 0.2) is 22.7 Å². The van der Waals surface area contributed by atoms with E-state index in [1.807, 2.05) is 0 Å². The van der Waals surface area contributed by atoms with E-state index in [1.165, 1.54) is 0 Å². The average Bonchev–Trinajstić information content (AvgIpc) is 2.38. The Morgan fingerprint density at radius 3 is 2.65 bits per heavy atom. The molecule has 0 saturated carbocycles. The molecule has 2 heterocycles. The molecule has 1 aromatic rings. The van der Waals surface area contributed by atoms with Crippen LogP contribution in [0, 0.1) is 0 Å². The van der Waals surface area contributed by atoms with Crippen LogP contribution < -0.4 is 5.32 Å². The van der Waals surface area contributed by atoms with E-state index in [0.29, 0.717) is 11.6 Å². The highest BCUT2D eigenvalue weighted by atomic mass is 79.9. The minimum atomic E-state index is -0.0821. The average molecular weight is 340 g/mol. The molecular formula is C14H18BrN3O2. The minimum Gasteiger partial charge on any atom is -0.507 e. The van der Waals surface area contributed by atoms with Crippen LogP contribution >= 0.6 is 15.9 Å². The largest absolute Gasteiger partial charge is 0.507 e. The maximum atomic E-state index is 12.3. The van der Waals surface area contributed by atoms with Crippen LogP contribution in [0.4, 0.5) is 0 Å². The summed E-state index contributed by atoms with van der Waals surface area (Å²) in [5, 5.41) is 13.2. The first-order valence-electron chi connectivity index (χ1n) is 6.88. The summed E-state index contributed by atoms with van der Waals surface area (Å²) in [7, 11) is 0. The van der Waals surface area contributed by atoms with Gasteiger partial charge in [-0.1, -0.05) is 15.9 Å². The fourth-order valence-corrected chi connectivity index (χ4v) is 3.10. The van der Waals surface area contributed by atoms with Crippen molar-refractivity contribution in [3.63, 3.8) is 0 Å². The van der Waals surface area contributed by atoms with E-state index in [2.05, 4.69) is 26.1 Å². The van der Waals surface area contributed by atoms with E-state index in [9.17, 15) is 9.90 Å². The zero-order chi connectivity index (χ0) is 14.1. The Morgan fingerprint density at radius 2 is 2.00 bits per heavy atom. The standard InChI is InChI=1S/C14H18BrN3O2/c15-10-1-2-12(13(19)7-10)14(20)18-8-11(9-18)17-5-3-16-4-6-17/h1-2,7,11,16,19H,3-6,8-9H2. The van der Waals surface area contributed by atoms with Gasteiger partial charge in [0.1, 0.15) is 5.75 Å². The van der Waals surface area contributed by atoms with Crippen LogP contribution in [0.3, 0.4) is 0 Å². The molecule has 0 spiro atoms. The van der Waals surface area contributed by atoms with Gasteiger partial charge in [-0.15, -0.1) is 0 Å². The highest BCUT2D eigenvalue weighted by Gasteiger charge is 2.36. The highest BCUT2D eigenvalue weighted by molar-refractivity contribution is 9.10. The van der Waals surface area contributed by atoms with Gasteiger partial charge in [-0.2, -0.15) is 0 Å². The lowest BCUT2D eigenvalue weighted by atomic mass is 10.0. The summed E-state index contributed by atoms with van der Waals surface area (Å²) < 4.78 is 0.772. The number of aromatic hydroxyl groups is 1. The number of phenols is 1. The topological polar surface area (TPSA) is 55.8 Å². The Kier molecular flexibility index (Phi) is 3.96. The third-order valence-corrected chi connectivity index (χ3v) is 4.50. The van der Waals surface area contributed by atoms with E-state index in [0.717, 1.165) is 43.7 Å². The van der Waals surface area contributed by atoms with Crippen molar-refractivity contribution in [3.8, 4) is 5.75 Å². The van der Waals surface area contributed by atoms with E-state index < -0.39 is 0 Å². The van der Waals surface area contributed by atoms with Crippen molar-refractivity contribution < 1.29 is 9.90 Å². The Labute approximate surface area is 126 Å². The molecule has 0 atom stereocenters.